The van der Waals surface area contributed by atoms with E-state index >= 15 is 0 Å². The molecule has 2 aliphatic carbocycles. The van der Waals surface area contributed by atoms with Crippen LogP contribution in [0.5, 0.6) is 0 Å². The molecular weight excluding hydrogens is 499 g/mol. The van der Waals surface area contributed by atoms with Gasteiger partial charge in [-0.3, -0.25) is 9.59 Å². The first-order valence-electron chi connectivity index (χ1n) is 11.6. The van der Waals surface area contributed by atoms with Crippen molar-refractivity contribution >= 4 is 36.0 Å². The fraction of sp³-hybridized carbons (Fsp3) is 0.583. The third-order valence-electron chi connectivity index (χ3n) is 6.15. The minimum absolute atomic E-state index is 0.0934. The van der Waals surface area contributed by atoms with Crippen molar-refractivity contribution in [1.82, 2.24) is 0 Å². The van der Waals surface area contributed by atoms with E-state index in [-0.39, 0.29) is 36.8 Å². The quantitative estimate of drug-likeness (QED) is 0.179. The van der Waals surface area contributed by atoms with Crippen LogP contribution >= 0.6 is 11.8 Å². The summed E-state index contributed by atoms with van der Waals surface area (Å²) in [5.74, 6) is -2.60. The SMILES string of the molecule is CCOC(=O)OCOC(=O)[C@@H]1[C@H](CSc2ccc(F)c(C)c2)C[C@H]2[C@H](C(=O)OCOC(=O)OCC)[C@H]21. The van der Waals surface area contributed by atoms with Gasteiger partial charge in [0, 0.05) is 10.6 Å². The molecule has 0 heterocycles. The summed E-state index contributed by atoms with van der Waals surface area (Å²) in [6, 6.07) is 4.81. The van der Waals surface area contributed by atoms with E-state index in [2.05, 4.69) is 14.2 Å². The minimum atomic E-state index is -0.956. The Morgan fingerprint density at radius 1 is 0.889 bits per heavy atom. The molecule has 1 aromatic rings. The highest BCUT2D eigenvalue weighted by Crippen LogP contribution is 2.64. The molecular formula is C24H29FO10S. The molecule has 0 unspecified atom stereocenters. The monoisotopic (exact) mass is 528 g/mol. The van der Waals surface area contributed by atoms with E-state index in [1.807, 2.05) is 0 Å². The zero-order valence-electron chi connectivity index (χ0n) is 20.2. The second-order valence-electron chi connectivity index (χ2n) is 8.33. The first-order chi connectivity index (χ1) is 17.3. The summed E-state index contributed by atoms with van der Waals surface area (Å²) in [7, 11) is 0. The average Bonchev–Trinajstić information content (AvgIpc) is 3.40. The second kappa shape index (κ2) is 12.8. The zero-order valence-corrected chi connectivity index (χ0v) is 21.0. The van der Waals surface area contributed by atoms with Gasteiger partial charge in [0.15, 0.2) is 0 Å². The Morgan fingerprint density at radius 2 is 1.47 bits per heavy atom. The van der Waals surface area contributed by atoms with Crippen LogP contribution in [0.4, 0.5) is 14.0 Å². The number of hydrogen-bond donors (Lipinski definition) is 0. The summed E-state index contributed by atoms with van der Waals surface area (Å²) >= 11 is 1.48. The highest BCUT2D eigenvalue weighted by atomic mass is 32.2. The molecule has 5 atom stereocenters. The van der Waals surface area contributed by atoms with E-state index in [9.17, 15) is 23.6 Å². The average molecular weight is 529 g/mol. The Hall–Kier alpha value is -3.02. The van der Waals surface area contributed by atoms with Gasteiger partial charge in [-0.2, -0.15) is 0 Å². The fourth-order valence-corrected chi connectivity index (χ4v) is 5.72. The van der Waals surface area contributed by atoms with Crippen molar-refractivity contribution < 1.29 is 52.0 Å². The van der Waals surface area contributed by atoms with E-state index < -0.39 is 49.7 Å². The minimum Gasteiger partial charge on any atom is -0.435 e. The molecule has 2 saturated carbocycles. The third-order valence-corrected chi connectivity index (χ3v) is 7.33. The van der Waals surface area contributed by atoms with E-state index in [1.165, 1.54) is 17.8 Å². The molecule has 2 aliphatic rings. The number of carbonyl (C=O) groups excluding carboxylic acids is 4. The fourth-order valence-electron chi connectivity index (χ4n) is 4.55. The van der Waals surface area contributed by atoms with Crippen LogP contribution in [0, 0.1) is 42.3 Å². The summed E-state index contributed by atoms with van der Waals surface area (Å²) in [4.78, 5) is 48.9. The number of hydrogen-bond acceptors (Lipinski definition) is 11. The lowest BCUT2D eigenvalue weighted by Gasteiger charge is -2.22. The Balaban J connectivity index is 1.59. The van der Waals surface area contributed by atoms with Crippen molar-refractivity contribution in [3.63, 3.8) is 0 Å². The summed E-state index contributed by atoms with van der Waals surface area (Å²) in [5, 5.41) is 0. The molecule has 12 heteroatoms. The molecule has 0 amide bonds. The van der Waals surface area contributed by atoms with Gasteiger partial charge in [-0.1, -0.05) is 0 Å². The normalized spacial score (nSPS) is 23.7. The summed E-state index contributed by atoms with van der Waals surface area (Å²) in [5.41, 5.74) is 0.522. The van der Waals surface area contributed by atoms with Gasteiger partial charge in [0.1, 0.15) is 5.82 Å². The van der Waals surface area contributed by atoms with Crippen LogP contribution in [-0.4, -0.2) is 56.8 Å². The molecule has 0 aliphatic heterocycles. The van der Waals surface area contributed by atoms with E-state index in [0.29, 0.717) is 17.7 Å². The summed E-state index contributed by atoms with van der Waals surface area (Å²) in [6.07, 6.45) is -1.32. The van der Waals surface area contributed by atoms with Crippen molar-refractivity contribution in [3.05, 3.63) is 29.6 Å². The highest BCUT2D eigenvalue weighted by Gasteiger charge is 2.67. The van der Waals surface area contributed by atoms with E-state index in [0.717, 1.165) is 4.90 Å². The third kappa shape index (κ3) is 7.02. The maximum atomic E-state index is 13.6. The lowest BCUT2D eigenvalue weighted by molar-refractivity contribution is -0.161. The smallest absolute Gasteiger partial charge is 0.435 e. The van der Waals surface area contributed by atoms with Crippen molar-refractivity contribution in [2.24, 2.45) is 29.6 Å². The predicted molar refractivity (Wildman–Crippen MR) is 122 cm³/mol. The second-order valence-corrected chi connectivity index (χ2v) is 9.42. The zero-order chi connectivity index (χ0) is 26.2. The Morgan fingerprint density at radius 3 is 2.03 bits per heavy atom. The molecule has 1 aromatic carbocycles. The summed E-state index contributed by atoms with van der Waals surface area (Å²) < 4.78 is 42.4. The molecule has 0 aromatic heterocycles. The number of thioether (sulfide) groups is 1. The molecule has 2 fully saturated rings. The van der Waals surface area contributed by atoms with Gasteiger partial charge in [0.25, 0.3) is 0 Å². The van der Waals surface area contributed by atoms with Crippen molar-refractivity contribution in [3.8, 4) is 0 Å². The molecule has 0 radical (unpaired) electrons. The van der Waals surface area contributed by atoms with E-state index in [4.69, 9.17) is 14.2 Å². The van der Waals surface area contributed by atoms with Gasteiger partial charge >= 0.3 is 24.2 Å². The molecule has 198 valence electrons. The predicted octanol–water partition coefficient (Wildman–Crippen LogP) is 4.07. The largest absolute Gasteiger partial charge is 0.511 e. The molecule has 0 N–H and O–H groups in total. The van der Waals surface area contributed by atoms with Crippen LogP contribution < -0.4 is 0 Å². The molecule has 0 bridgehead atoms. The van der Waals surface area contributed by atoms with Crippen molar-refractivity contribution in [1.29, 1.82) is 0 Å². The van der Waals surface area contributed by atoms with Crippen LogP contribution in [0.1, 0.15) is 25.8 Å². The van der Waals surface area contributed by atoms with Gasteiger partial charge < -0.3 is 28.4 Å². The summed E-state index contributed by atoms with van der Waals surface area (Å²) in [6.45, 7) is 3.95. The number of carbonyl (C=O) groups is 4. The van der Waals surface area contributed by atoms with Crippen LogP contribution in [-0.2, 0) is 38.0 Å². The lowest BCUT2D eigenvalue weighted by Crippen LogP contribution is -2.30. The topological polar surface area (TPSA) is 124 Å². The molecule has 10 nitrogen and oxygen atoms in total. The molecule has 0 saturated heterocycles. The van der Waals surface area contributed by atoms with Gasteiger partial charge in [0.05, 0.1) is 25.0 Å². The highest BCUT2D eigenvalue weighted by molar-refractivity contribution is 7.99. The maximum absolute atomic E-state index is 13.6. The number of halogens is 1. The number of fused-ring (bicyclic) bond motifs is 1. The Kier molecular flexibility index (Phi) is 9.80. The first kappa shape index (κ1) is 27.6. The number of ether oxygens (including phenoxy) is 6. The van der Waals surface area contributed by atoms with Crippen LogP contribution in [0.2, 0.25) is 0 Å². The van der Waals surface area contributed by atoms with E-state index in [1.54, 1.807) is 32.9 Å². The molecule has 0 spiro atoms. The number of aryl methyl sites for hydroxylation is 1. The Bertz CT molecular complexity index is 970. The number of esters is 2. The Labute approximate surface area is 212 Å². The number of benzene rings is 1. The van der Waals surface area contributed by atoms with Crippen molar-refractivity contribution in [2.45, 2.75) is 32.1 Å². The lowest BCUT2D eigenvalue weighted by atomic mass is 9.90. The molecule has 3 rings (SSSR count). The van der Waals surface area contributed by atoms with Gasteiger partial charge in [-0.25, -0.2) is 14.0 Å². The van der Waals surface area contributed by atoms with Gasteiger partial charge in [-0.15, -0.1) is 11.8 Å². The van der Waals surface area contributed by atoms with Crippen LogP contribution in [0.15, 0.2) is 23.1 Å². The van der Waals surface area contributed by atoms with Crippen LogP contribution in [0.3, 0.4) is 0 Å². The molecule has 36 heavy (non-hydrogen) atoms. The van der Waals surface area contributed by atoms with Gasteiger partial charge in [-0.05, 0) is 68.7 Å². The van der Waals surface area contributed by atoms with Crippen molar-refractivity contribution in [2.75, 3.05) is 32.6 Å². The first-order valence-corrected chi connectivity index (χ1v) is 12.6. The van der Waals surface area contributed by atoms with Gasteiger partial charge in [0.2, 0.25) is 13.6 Å². The standard InChI is InChI=1S/C24H29FO10S/c1-4-30-23(28)34-11-32-21(26)18-14(10-36-15-6-7-17(25)13(3)8-15)9-16-19(18)20(16)22(27)33-12-35-24(29)31-5-2/h6-8,14,16,18-20H,4-5,9-12H2,1-3H3/t14-,16+,18+,19+,20-/m0/s1. The van der Waals surface area contributed by atoms with Crippen LogP contribution in [0.25, 0.3) is 0 Å². The number of rotatable bonds is 11. The maximum Gasteiger partial charge on any atom is 0.511 e.